The van der Waals surface area contributed by atoms with Crippen LogP contribution in [0, 0.1) is 0 Å². The Morgan fingerprint density at radius 1 is 0.512 bits per heavy atom. The third-order valence-electron chi connectivity index (χ3n) is 5.47. The summed E-state index contributed by atoms with van der Waals surface area (Å²) in [6, 6.07) is 24.8. The molecular weight excluding hydrogens is 552 g/mol. The summed E-state index contributed by atoms with van der Waals surface area (Å²) in [6.07, 6.45) is 1.25. The minimum Gasteiger partial charge on any atom is -0.478 e. The van der Waals surface area contributed by atoms with E-state index in [1.54, 1.807) is 48.5 Å². The van der Waals surface area contributed by atoms with E-state index in [4.69, 9.17) is 31.2 Å². The van der Waals surface area contributed by atoms with Gasteiger partial charge in [-0.25, -0.2) is 19.2 Å². The summed E-state index contributed by atoms with van der Waals surface area (Å²) in [7, 11) is 0. The molecule has 0 aromatic heterocycles. The fourth-order valence-corrected chi connectivity index (χ4v) is 3.22. The molecule has 0 aliphatic carbocycles. The van der Waals surface area contributed by atoms with Crippen molar-refractivity contribution in [1.29, 1.82) is 0 Å². The lowest BCUT2D eigenvalue weighted by Gasteiger charge is -2.05. The van der Waals surface area contributed by atoms with Crippen LogP contribution in [0.5, 0.6) is 11.5 Å². The first-order valence-corrected chi connectivity index (χ1v) is 13.3. The minimum absolute atomic E-state index is 0.136. The van der Waals surface area contributed by atoms with Crippen molar-refractivity contribution in [3.63, 3.8) is 0 Å². The van der Waals surface area contributed by atoms with Crippen LogP contribution in [0.2, 0.25) is 0 Å². The average Bonchev–Trinajstić information content (AvgIpc) is 3.02. The predicted molar refractivity (Wildman–Crippen MR) is 161 cm³/mol. The highest BCUT2D eigenvalue weighted by Crippen LogP contribution is 2.16. The molecule has 0 aliphatic rings. The SMILES string of the molecule is CCC.NCc1ccc(C(=O)Oc2ccc(C(=O)O)cc2)cc1.NCc1ccc(C(=O)Oc2ccc(C(=O)O)cc2)cc1. The van der Waals surface area contributed by atoms with Crippen LogP contribution in [0.3, 0.4) is 0 Å². The number of carboxylic acid groups (broad SMARTS) is 2. The second-order valence-electron chi connectivity index (χ2n) is 8.95. The second-order valence-corrected chi connectivity index (χ2v) is 8.95. The molecule has 0 bridgehead atoms. The van der Waals surface area contributed by atoms with Gasteiger partial charge in [-0.1, -0.05) is 44.5 Å². The summed E-state index contributed by atoms with van der Waals surface area (Å²) in [6.45, 7) is 5.07. The van der Waals surface area contributed by atoms with Crippen molar-refractivity contribution in [1.82, 2.24) is 0 Å². The summed E-state index contributed by atoms with van der Waals surface area (Å²) >= 11 is 0. The Labute approximate surface area is 249 Å². The molecule has 0 spiro atoms. The molecule has 10 nitrogen and oxygen atoms in total. The van der Waals surface area contributed by atoms with Crippen LogP contribution >= 0.6 is 0 Å². The first kappa shape index (κ1) is 33.9. The van der Waals surface area contributed by atoms with E-state index in [1.165, 1.54) is 55.0 Å². The van der Waals surface area contributed by atoms with Crippen LogP contribution in [0.1, 0.15) is 72.8 Å². The van der Waals surface area contributed by atoms with E-state index in [9.17, 15) is 19.2 Å². The number of nitrogens with two attached hydrogens (primary N) is 2. The quantitative estimate of drug-likeness (QED) is 0.151. The molecule has 4 aromatic rings. The molecule has 0 saturated carbocycles. The number of hydrogen-bond acceptors (Lipinski definition) is 8. The fraction of sp³-hybridized carbons (Fsp3) is 0.152. The van der Waals surface area contributed by atoms with Crippen LogP contribution in [0.25, 0.3) is 0 Å². The molecule has 0 fully saturated rings. The van der Waals surface area contributed by atoms with Crippen molar-refractivity contribution in [3.05, 3.63) is 130 Å². The van der Waals surface area contributed by atoms with E-state index in [0.29, 0.717) is 35.7 Å². The number of carbonyl (C=O) groups is 4. The average molecular weight is 587 g/mol. The Kier molecular flexibility index (Phi) is 13.8. The zero-order valence-corrected chi connectivity index (χ0v) is 23.9. The van der Waals surface area contributed by atoms with Crippen LogP contribution < -0.4 is 20.9 Å². The fourth-order valence-electron chi connectivity index (χ4n) is 3.22. The highest BCUT2D eigenvalue weighted by Gasteiger charge is 2.11. The maximum Gasteiger partial charge on any atom is 0.343 e. The lowest BCUT2D eigenvalue weighted by atomic mass is 10.1. The van der Waals surface area contributed by atoms with Crippen molar-refractivity contribution < 1.29 is 38.9 Å². The van der Waals surface area contributed by atoms with E-state index in [0.717, 1.165) is 11.1 Å². The molecule has 0 atom stereocenters. The number of ether oxygens (including phenoxy) is 2. The van der Waals surface area contributed by atoms with E-state index in [2.05, 4.69) is 13.8 Å². The van der Waals surface area contributed by atoms with Crippen molar-refractivity contribution >= 4 is 23.9 Å². The van der Waals surface area contributed by atoms with Gasteiger partial charge < -0.3 is 31.2 Å². The zero-order chi connectivity index (χ0) is 31.8. The first-order valence-electron chi connectivity index (χ1n) is 13.3. The van der Waals surface area contributed by atoms with E-state index < -0.39 is 23.9 Å². The monoisotopic (exact) mass is 586 g/mol. The molecule has 0 amide bonds. The van der Waals surface area contributed by atoms with Crippen LogP contribution in [0.4, 0.5) is 0 Å². The Bertz CT molecular complexity index is 1370. The Balaban J connectivity index is 0.000000275. The van der Waals surface area contributed by atoms with Crippen molar-refractivity contribution in [2.75, 3.05) is 0 Å². The normalized spacial score (nSPS) is 9.77. The van der Waals surface area contributed by atoms with Gasteiger partial charge in [-0.2, -0.15) is 0 Å². The molecule has 10 heteroatoms. The molecule has 6 N–H and O–H groups in total. The lowest BCUT2D eigenvalue weighted by Crippen LogP contribution is -2.09. The van der Waals surface area contributed by atoms with E-state index in [1.807, 2.05) is 0 Å². The predicted octanol–water partition coefficient (Wildman–Crippen LogP) is 5.54. The van der Waals surface area contributed by atoms with Gasteiger partial charge in [-0.15, -0.1) is 0 Å². The maximum atomic E-state index is 11.9. The maximum absolute atomic E-state index is 11.9. The second kappa shape index (κ2) is 17.5. The van der Waals surface area contributed by atoms with E-state index in [-0.39, 0.29) is 11.1 Å². The van der Waals surface area contributed by atoms with Gasteiger partial charge in [0.2, 0.25) is 0 Å². The molecule has 0 unspecified atom stereocenters. The van der Waals surface area contributed by atoms with Crippen LogP contribution in [-0.2, 0) is 13.1 Å². The highest BCUT2D eigenvalue weighted by molar-refractivity contribution is 5.92. The summed E-state index contributed by atoms with van der Waals surface area (Å²) in [5.74, 6) is -2.47. The number of esters is 2. The molecule has 4 aromatic carbocycles. The van der Waals surface area contributed by atoms with Gasteiger partial charge in [-0.3, -0.25) is 0 Å². The molecular formula is C33H34N2O8. The first-order chi connectivity index (χ1) is 20.6. The third-order valence-corrected chi connectivity index (χ3v) is 5.47. The minimum atomic E-state index is -1.03. The molecule has 43 heavy (non-hydrogen) atoms. The van der Waals surface area contributed by atoms with Gasteiger partial charge in [0.15, 0.2) is 0 Å². The van der Waals surface area contributed by atoms with Gasteiger partial charge in [-0.05, 0) is 83.9 Å². The Morgan fingerprint density at radius 3 is 1.00 bits per heavy atom. The van der Waals surface area contributed by atoms with Crippen LogP contribution in [0.15, 0.2) is 97.1 Å². The smallest absolute Gasteiger partial charge is 0.343 e. The molecule has 0 aliphatic heterocycles. The lowest BCUT2D eigenvalue weighted by molar-refractivity contribution is 0.0685. The molecule has 224 valence electrons. The van der Waals surface area contributed by atoms with Crippen molar-refractivity contribution in [2.24, 2.45) is 11.5 Å². The molecule has 0 heterocycles. The summed E-state index contributed by atoms with van der Waals surface area (Å²) in [5.41, 5.74) is 13.9. The van der Waals surface area contributed by atoms with Crippen LogP contribution in [-0.4, -0.2) is 34.1 Å². The topological polar surface area (TPSA) is 179 Å². The molecule has 0 radical (unpaired) electrons. The van der Waals surface area contributed by atoms with E-state index >= 15 is 0 Å². The van der Waals surface area contributed by atoms with Crippen molar-refractivity contribution in [3.8, 4) is 11.5 Å². The number of benzene rings is 4. The standard InChI is InChI=1S/2C15H13NO4.C3H8/c2*16-9-10-1-3-12(4-2-10)15(19)20-13-7-5-11(6-8-13)14(17)18;1-3-2/h2*1-8H,9,16H2,(H,17,18);3H2,1-2H3. The van der Waals surface area contributed by atoms with Gasteiger partial charge in [0.25, 0.3) is 0 Å². The highest BCUT2D eigenvalue weighted by atomic mass is 16.5. The number of aromatic carboxylic acids is 2. The molecule has 0 saturated heterocycles. The third kappa shape index (κ3) is 11.2. The molecule has 4 rings (SSSR count). The van der Waals surface area contributed by atoms with Crippen molar-refractivity contribution in [2.45, 2.75) is 33.4 Å². The van der Waals surface area contributed by atoms with Gasteiger partial charge in [0, 0.05) is 13.1 Å². The Morgan fingerprint density at radius 2 is 0.767 bits per heavy atom. The largest absolute Gasteiger partial charge is 0.478 e. The van der Waals surface area contributed by atoms with Gasteiger partial charge in [0.05, 0.1) is 22.3 Å². The Hall–Kier alpha value is -5.32. The zero-order valence-electron chi connectivity index (χ0n) is 23.9. The summed E-state index contributed by atoms with van der Waals surface area (Å²) in [5, 5.41) is 17.5. The van der Waals surface area contributed by atoms with Gasteiger partial charge in [0.1, 0.15) is 11.5 Å². The number of carbonyl (C=O) groups excluding carboxylic acids is 2. The number of carboxylic acids is 2. The number of rotatable bonds is 8. The summed E-state index contributed by atoms with van der Waals surface area (Å²) in [4.78, 5) is 45.1. The van der Waals surface area contributed by atoms with Gasteiger partial charge >= 0.3 is 23.9 Å². The number of hydrogen-bond donors (Lipinski definition) is 4. The summed E-state index contributed by atoms with van der Waals surface area (Å²) < 4.78 is 10.3.